The van der Waals surface area contributed by atoms with E-state index in [0.29, 0.717) is 5.76 Å². The van der Waals surface area contributed by atoms with E-state index in [9.17, 15) is 4.79 Å². The van der Waals surface area contributed by atoms with Crippen LogP contribution in [-0.2, 0) is 4.74 Å². The topological polar surface area (TPSA) is 99.5 Å². The van der Waals surface area contributed by atoms with Crippen molar-refractivity contribution in [2.24, 2.45) is 0 Å². The average molecular weight is 479 g/mol. The van der Waals surface area contributed by atoms with Crippen molar-refractivity contribution in [1.82, 2.24) is 15.2 Å². The van der Waals surface area contributed by atoms with E-state index in [0.717, 1.165) is 84.5 Å². The molecule has 34 heavy (non-hydrogen) atoms. The summed E-state index contributed by atoms with van der Waals surface area (Å²) in [5.74, 6) is 0.590. The van der Waals surface area contributed by atoms with Gasteiger partial charge in [0, 0.05) is 32.4 Å². The molecule has 0 aliphatic carbocycles. The molecule has 0 radical (unpaired) electrons. The summed E-state index contributed by atoms with van der Waals surface area (Å²) in [6.45, 7) is 5.08. The van der Waals surface area contributed by atoms with Gasteiger partial charge in [-0.1, -0.05) is 11.3 Å². The number of nitrogens with zero attached hydrogens (tertiary/aromatic N) is 4. The van der Waals surface area contributed by atoms with Gasteiger partial charge < -0.3 is 24.3 Å². The van der Waals surface area contributed by atoms with Crippen molar-refractivity contribution in [2.75, 3.05) is 54.5 Å². The number of nitrogens with one attached hydrogen (secondary N) is 2. The van der Waals surface area contributed by atoms with Gasteiger partial charge in [0.1, 0.15) is 5.76 Å². The number of thiazole rings is 1. The van der Waals surface area contributed by atoms with Crippen LogP contribution in [0.1, 0.15) is 29.8 Å². The molecule has 2 aliphatic rings. The highest BCUT2D eigenvalue weighted by molar-refractivity contribution is 7.22. The molecule has 6 rings (SSSR count). The Morgan fingerprint density at radius 2 is 1.91 bits per heavy atom. The van der Waals surface area contributed by atoms with E-state index in [1.54, 1.807) is 35.9 Å². The Balaban J connectivity index is 1.32. The fourth-order valence-electron chi connectivity index (χ4n) is 4.52. The van der Waals surface area contributed by atoms with Gasteiger partial charge in [-0.3, -0.25) is 9.89 Å². The van der Waals surface area contributed by atoms with Gasteiger partial charge >= 0.3 is 0 Å². The van der Waals surface area contributed by atoms with Crippen LogP contribution in [0.3, 0.4) is 0 Å². The molecule has 9 nitrogen and oxygen atoms in total. The smallest absolute Gasteiger partial charge is 0.291 e. The number of H-pyrrole nitrogens is 1. The Hall–Kier alpha value is -3.37. The van der Waals surface area contributed by atoms with Gasteiger partial charge in [0.15, 0.2) is 10.9 Å². The molecule has 176 valence electrons. The lowest BCUT2D eigenvalue weighted by atomic mass is 10.1. The molecule has 0 spiro atoms. The number of morpholine rings is 1. The number of carbonyl (C=O) groups excluding carboxylic acids is 1. The largest absolute Gasteiger partial charge is 0.451 e. The summed E-state index contributed by atoms with van der Waals surface area (Å²) in [4.78, 5) is 22.7. The zero-order valence-electron chi connectivity index (χ0n) is 18.7. The van der Waals surface area contributed by atoms with Crippen molar-refractivity contribution >= 4 is 44.0 Å². The highest BCUT2D eigenvalue weighted by Crippen LogP contribution is 2.38. The molecule has 4 aromatic rings. The Labute approximate surface area is 200 Å². The number of rotatable bonds is 5. The number of hydrogen-bond donors (Lipinski definition) is 2. The van der Waals surface area contributed by atoms with E-state index in [1.165, 1.54) is 6.42 Å². The predicted molar refractivity (Wildman–Crippen MR) is 133 cm³/mol. The number of piperidine rings is 1. The molecule has 3 aromatic heterocycles. The minimum absolute atomic E-state index is 0.263. The molecule has 0 atom stereocenters. The first-order valence-electron chi connectivity index (χ1n) is 11.7. The Kier molecular flexibility index (Phi) is 5.68. The number of carbonyl (C=O) groups is 1. The lowest BCUT2D eigenvalue weighted by Crippen LogP contribution is -2.36. The third-order valence-electron chi connectivity index (χ3n) is 6.33. The summed E-state index contributed by atoms with van der Waals surface area (Å²) in [5, 5.41) is 10.8. The van der Waals surface area contributed by atoms with Crippen LogP contribution in [0.25, 0.3) is 21.5 Å². The van der Waals surface area contributed by atoms with E-state index in [1.807, 2.05) is 0 Å². The lowest BCUT2D eigenvalue weighted by Gasteiger charge is -2.30. The van der Waals surface area contributed by atoms with Crippen molar-refractivity contribution in [3.05, 3.63) is 42.4 Å². The van der Waals surface area contributed by atoms with Gasteiger partial charge in [-0.15, -0.1) is 0 Å². The SMILES string of the molecule is O=C(Nc1cc2sc(N3CCOCC3)nc2cc1N1CCCCC1)c1ccc(-c2cn[nH]c2)o1. The fraction of sp³-hybridized carbons (Fsp3) is 0.375. The number of hydrogen-bond acceptors (Lipinski definition) is 8. The van der Waals surface area contributed by atoms with Gasteiger partial charge in [0.25, 0.3) is 5.91 Å². The second kappa shape index (κ2) is 9.11. The zero-order chi connectivity index (χ0) is 22.9. The predicted octanol–water partition coefficient (Wildman–Crippen LogP) is 4.36. The van der Waals surface area contributed by atoms with E-state index < -0.39 is 0 Å². The second-order valence-corrected chi connectivity index (χ2v) is 9.59. The number of aromatic amines is 1. The van der Waals surface area contributed by atoms with Gasteiger partial charge in [-0.2, -0.15) is 5.10 Å². The Bertz CT molecular complexity index is 1290. The minimum Gasteiger partial charge on any atom is -0.451 e. The molecule has 2 N–H and O–H groups in total. The highest BCUT2D eigenvalue weighted by Gasteiger charge is 2.22. The van der Waals surface area contributed by atoms with Crippen molar-refractivity contribution in [1.29, 1.82) is 0 Å². The number of anilines is 3. The van der Waals surface area contributed by atoms with Crippen LogP contribution in [0.4, 0.5) is 16.5 Å². The van der Waals surface area contributed by atoms with Gasteiger partial charge in [-0.05, 0) is 43.5 Å². The van der Waals surface area contributed by atoms with Gasteiger partial charge in [0.05, 0.1) is 46.6 Å². The van der Waals surface area contributed by atoms with Crippen molar-refractivity contribution in [2.45, 2.75) is 19.3 Å². The fourth-order valence-corrected chi connectivity index (χ4v) is 5.56. The number of furan rings is 1. The maximum atomic E-state index is 13.1. The third-order valence-corrected chi connectivity index (χ3v) is 7.41. The molecular formula is C24H26N6O3S. The Morgan fingerprint density at radius 1 is 1.06 bits per heavy atom. The molecule has 10 heteroatoms. The first-order valence-corrected chi connectivity index (χ1v) is 12.5. The van der Waals surface area contributed by atoms with Crippen LogP contribution in [0, 0.1) is 0 Å². The standard InChI is InChI=1S/C24H26N6O3S/c31-23(21-5-4-20(33-21)16-14-25-26-15-16)27-17-13-22-18(12-19(17)29-6-2-1-3-7-29)28-24(34-22)30-8-10-32-11-9-30/h4-5,12-15H,1-3,6-11H2,(H,25,26)(H,27,31). The first kappa shape index (κ1) is 21.2. The monoisotopic (exact) mass is 478 g/mol. The second-order valence-electron chi connectivity index (χ2n) is 8.59. The van der Waals surface area contributed by atoms with Crippen LogP contribution in [0.15, 0.2) is 41.1 Å². The van der Waals surface area contributed by atoms with E-state index >= 15 is 0 Å². The van der Waals surface area contributed by atoms with Crippen molar-refractivity contribution in [3.63, 3.8) is 0 Å². The van der Waals surface area contributed by atoms with Crippen LogP contribution in [0.2, 0.25) is 0 Å². The van der Waals surface area contributed by atoms with Crippen LogP contribution in [-0.4, -0.2) is 60.5 Å². The summed E-state index contributed by atoms with van der Waals surface area (Å²) in [7, 11) is 0. The summed E-state index contributed by atoms with van der Waals surface area (Å²) in [6, 6.07) is 7.65. The third kappa shape index (κ3) is 4.14. The van der Waals surface area contributed by atoms with Gasteiger partial charge in [0.2, 0.25) is 0 Å². The molecule has 5 heterocycles. The number of benzene rings is 1. The van der Waals surface area contributed by atoms with E-state index in [2.05, 4.69) is 37.4 Å². The normalized spacial score (nSPS) is 16.8. The molecule has 1 amide bonds. The van der Waals surface area contributed by atoms with Crippen molar-refractivity contribution < 1.29 is 13.9 Å². The maximum absolute atomic E-state index is 13.1. The summed E-state index contributed by atoms with van der Waals surface area (Å²) in [5.41, 5.74) is 3.57. The molecule has 0 unspecified atom stereocenters. The van der Waals surface area contributed by atoms with Crippen molar-refractivity contribution in [3.8, 4) is 11.3 Å². The molecule has 2 fully saturated rings. The molecular weight excluding hydrogens is 452 g/mol. The highest BCUT2D eigenvalue weighted by atomic mass is 32.1. The summed E-state index contributed by atoms with van der Waals surface area (Å²) >= 11 is 1.65. The summed E-state index contributed by atoms with van der Waals surface area (Å²) < 4.78 is 12.3. The summed E-state index contributed by atoms with van der Waals surface area (Å²) in [6.07, 6.45) is 6.93. The molecule has 2 saturated heterocycles. The van der Waals surface area contributed by atoms with Crippen LogP contribution >= 0.6 is 11.3 Å². The van der Waals surface area contributed by atoms with Crippen LogP contribution in [0.5, 0.6) is 0 Å². The minimum atomic E-state index is -0.273. The maximum Gasteiger partial charge on any atom is 0.291 e. The number of fused-ring (bicyclic) bond motifs is 1. The number of aromatic nitrogens is 3. The lowest BCUT2D eigenvalue weighted by molar-refractivity contribution is 0.0997. The van der Waals surface area contributed by atoms with E-state index in [-0.39, 0.29) is 11.7 Å². The van der Waals surface area contributed by atoms with Crippen LogP contribution < -0.4 is 15.1 Å². The first-order chi connectivity index (χ1) is 16.7. The molecule has 0 bridgehead atoms. The average Bonchev–Trinajstić information content (AvgIpc) is 3.65. The quantitative estimate of drug-likeness (QED) is 0.440. The number of ether oxygens (including phenoxy) is 1. The molecule has 0 saturated carbocycles. The Morgan fingerprint density at radius 3 is 2.71 bits per heavy atom. The molecule has 2 aliphatic heterocycles. The van der Waals surface area contributed by atoms with E-state index in [4.69, 9.17) is 14.1 Å². The zero-order valence-corrected chi connectivity index (χ0v) is 19.6. The number of amides is 1. The molecule has 1 aromatic carbocycles. The van der Waals surface area contributed by atoms with Gasteiger partial charge in [-0.25, -0.2) is 4.98 Å².